The number of halogens is 1. The molecular formula is C22H35ClN4O2. The number of pyridine rings is 1. The molecule has 29 heavy (non-hydrogen) atoms. The van der Waals surface area contributed by atoms with Crippen molar-refractivity contribution in [3.8, 4) is 0 Å². The van der Waals surface area contributed by atoms with Crippen LogP contribution in [-0.2, 0) is 16.1 Å². The third-order valence-corrected chi connectivity index (χ3v) is 5.96. The maximum Gasteiger partial charge on any atom is 0.225 e. The Labute approximate surface area is 180 Å². The monoisotopic (exact) mass is 422 g/mol. The second-order valence-electron chi connectivity index (χ2n) is 8.27. The Kier molecular flexibility index (Phi) is 9.88. The summed E-state index contributed by atoms with van der Waals surface area (Å²) < 4.78 is 0. The van der Waals surface area contributed by atoms with Crippen molar-refractivity contribution in [3.63, 3.8) is 0 Å². The van der Waals surface area contributed by atoms with Crippen LogP contribution in [-0.4, -0.2) is 46.9 Å². The zero-order chi connectivity index (χ0) is 19.8. The van der Waals surface area contributed by atoms with Gasteiger partial charge in [-0.3, -0.25) is 14.6 Å². The molecule has 0 radical (unpaired) electrons. The van der Waals surface area contributed by atoms with Gasteiger partial charge in [0.25, 0.3) is 0 Å². The molecule has 0 aromatic carbocycles. The number of amides is 2. The maximum atomic E-state index is 13.2. The largest absolute Gasteiger partial charge is 0.353 e. The lowest BCUT2D eigenvalue weighted by Gasteiger charge is -2.32. The van der Waals surface area contributed by atoms with E-state index < -0.39 is 0 Å². The van der Waals surface area contributed by atoms with Crippen molar-refractivity contribution in [2.75, 3.05) is 13.1 Å². The van der Waals surface area contributed by atoms with Gasteiger partial charge in [0, 0.05) is 30.6 Å². The average Bonchev–Trinajstić information content (AvgIpc) is 3.10. The van der Waals surface area contributed by atoms with E-state index in [9.17, 15) is 9.59 Å². The van der Waals surface area contributed by atoms with Gasteiger partial charge in [-0.25, -0.2) is 0 Å². The summed E-state index contributed by atoms with van der Waals surface area (Å²) in [6.07, 6.45) is 9.39. The molecule has 0 spiro atoms. The van der Waals surface area contributed by atoms with Gasteiger partial charge >= 0.3 is 0 Å². The summed E-state index contributed by atoms with van der Waals surface area (Å²) >= 11 is 0. The molecule has 1 saturated carbocycles. The van der Waals surface area contributed by atoms with Crippen molar-refractivity contribution >= 4 is 24.2 Å². The molecule has 2 aliphatic rings. The molecule has 2 fully saturated rings. The number of hydrogen-bond acceptors (Lipinski definition) is 4. The van der Waals surface area contributed by atoms with Gasteiger partial charge in [0.1, 0.15) is 0 Å². The molecule has 2 N–H and O–H groups in total. The molecule has 3 rings (SSSR count). The molecule has 0 bridgehead atoms. The third kappa shape index (κ3) is 7.27. The number of nitrogens with one attached hydrogen (secondary N) is 2. The van der Waals surface area contributed by atoms with Crippen LogP contribution in [0.5, 0.6) is 0 Å². The smallest absolute Gasteiger partial charge is 0.225 e. The standard InChI is InChI=1S/C22H34N4O2.ClH/c1-17(25-22(28)18-7-2-3-8-18)15-21(27)26(16-19-9-4-5-13-24-19)20-10-6-12-23-14-11-20;/h4-5,9,13,17-18,20,23H,2-3,6-8,10-12,14-16H2,1H3,(H,25,28);1H. The van der Waals surface area contributed by atoms with E-state index in [0.717, 1.165) is 63.7 Å². The topological polar surface area (TPSA) is 74.3 Å². The second-order valence-corrected chi connectivity index (χ2v) is 8.27. The average molecular weight is 423 g/mol. The zero-order valence-electron chi connectivity index (χ0n) is 17.4. The van der Waals surface area contributed by atoms with Gasteiger partial charge < -0.3 is 15.5 Å². The molecule has 7 heteroatoms. The number of carbonyl (C=O) groups excluding carboxylic acids is 2. The van der Waals surface area contributed by atoms with Crippen LogP contribution >= 0.6 is 12.4 Å². The fraction of sp³-hybridized carbons (Fsp3) is 0.682. The molecular weight excluding hydrogens is 388 g/mol. The van der Waals surface area contributed by atoms with Crippen molar-refractivity contribution < 1.29 is 9.59 Å². The number of carbonyl (C=O) groups is 2. The lowest BCUT2D eigenvalue weighted by molar-refractivity contribution is -0.135. The Morgan fingerprint density at radius 2 is 1.97 bits per heavy atom. The Morgan fingerprint density at radius 3 is 2.69 bits per heavy atom. The molecule has 2 heterocycles. The third-order valence-electron chi connectivity index (χ3n) is 5.96. The van der Waals surface area contributed by atoms with Crippen LogP contribution in [0.3, 0.4) is 0 Å². The van der Waals surface area contributed by atoms with Gasteiger partial charge in [-0.1, -0.05) is 18.9 Å². The van der Waals surface area contributed by atoms with E-state index in [1.807, 2.05) is 30.0 Å². The predicted molar refractivity (Wildman–Crippen MR) is 117 cm³/mol. The summed E-state index contributed by atoms with van der Waals surface area (Å²) in [5, 5.41) is 6.49. The molecule has 1 aliphatic heterocycles. The number of rotatable bonds is 7. The highest BCUT2D eigenvalue weighted by Gasteiger charge is 2.28. The maximum absolute atomic E-state index is 13.2. The van der Waals surface area contributed by atoms with Gasteiger partial charge in [0.15, 0.2) is 0 Å². The normalized spacial score (nSPS) is 20.9. The molecule has 6 nitrogen and oxygen atoms in total. The predicted octanol–water partition coefficient (Wildman–Crippen LogP) is 3.06. The molecule has 162 valence electrons. The van der Waals surface area contributed by atoms with Gasteiger partial charge in [0.05, 0.1) is 12.2 Å². The first-order valence-electron chi connectivity index (χ1n) is 10.8. The van der Waals surface area contributed by atoms with E-state index in [0.29, 0.717) is 13.0 Å². The number of hydrogen-bond donors (Lipinski definition) is 2. The van der Waals surface area contributed by atoms with Gasteiger partial charge in [-0.15, -0.1) is 12.4 Å². The molecule has 2 amide bonds. The molecule has 1 aromatic rings. The van der Waals surface area contributed by atoms with E-state index >= 15 is 0 Å². The highest BCUT2D eigenvalue weighted by molar-refractivity contribution is 5.85. The van der Waals surface area contributed by atoms with Gasteiger partial charge in [0.2, 0.25) is 11.8 Å². The number of nitrogens with zero attached hydrogens (tertiary/aromatic N) is 2. The van der Waals surface area contributed by atoms with Crippen LogP contribution < -0.4 is 10.6 Å². The van der Waals surface area contributed by atoms with E-state index in [1.54, 1.807) is 6.20 Å². The van der Waals surface area contributed by atoms with Crippen molar-refractivity contribution in [1.82, 2.24) is 20.5 Å². The van der Waals surface area contributed by atoms with Crippen molar-refractivity contribution in [1.29, 1.82) is 0 Å². The van der Waals surface area contributed by atoms with E-state index in [-0.39, 0.29) is 42.2 Å². The summed E-state index contributed by atoms with van der Waals surface area (Å²) in [5.41, 5.74) is 0.913. The minimum Gasteiger partial charge on any atom is -0.353 e. The van der Waals surface area contributed by atoms with Crippen LogP contribution in [0.4, 0.5) is 0 Å². The van der Waals surface area contributed by atoms with Gasteiger partial charge in [-0.2, -0.15) is 0 Å². The SMILES string of the molecule is CC(CC(=O)N(Cc1ccccn1)C1CCCNCC1)NC(=O)C1CCCC1.Cl. The van der Waals surface area contributed by atoms with Gasteiger partial charge in [-0.05, 0) is 64.3 Å². The first-order valence-corrected chi connectivity index (χ1v) is 10.8. The first kappa shape index (κ1) is 23.6. The van der Waals surface area contributed by atoms with Crippen molar-refractivity contribution in [2.45, 2.75) is 76.9 Å². The summed E-state index contributed by atoms with van der Waals surface area (Å²) in [7, 11) is 0. The molecule has 2 atom stereocenters. The quantitative estimate of drug-likeness (QED) is 0.708. The van der Waals surface area contributed by atoms with Crippen LogP contribution in [0, 0.1) is 5.92 Å². The summed E-state index contributed by atoms with van der Waals surface area (Å²) in [6.45, 7) is 4.42. The molecule has 1 aliphatic carbocycles. The number of aromatic nitrogens is 1. The van der Waals surface area contributed by atoms with E-state index in [4.69, 9.17) is 0 Å². The minimum absolute atomic E-state index is 0. The summed E-state index contributed by atoms with van der Waals surface area (Å²) in [5.74, 6) is 0.361. The van der Waals surface area contributed by atoms with E-state index in [1.165, 1.54) is 0 Å². The lowest BCUT2D eigenvalue weighted by atomic mass is 10.0. The van der Waals surface area contributed by atoms with Crippen LogP contribution in [0.25, 0.3) is 0 Å². The Morgan fingerprint density at radius 1 is 1.17 bits per heavy atom. The zero-order valence-corrected chi connectivity index (χ0v) is 18.3. The fourth-order valence-electron chi connectivity index (χ4n) is 4.38. The highest BCUT2D eigenvalue weighted by atomic mass is 35.5. The van der Waals surface area contributed by atoms with Crippen LogP contribution in [0.15, 0.2) is 24.4 Å². The van der Waals surface area contributed by atoms with Crippen LogP contribution in [0.2, 0.25) is 0 Å². The molecule has 1 saturated heterocycles. The van der Waals surface area contributed by atoms with Crippen molar-refractivity contribution in [2.24, 2.45) is 5.92 Å². The highest BCUT2D eigenvalue weighted by Crippen LogP contribution is 2.25. The fourth-order valence-corrected chi connectivity index (χ4v) is 4.38. The summed E-state index contributed by atoms with van der Waals surface area (Å²) in [6, 6.07) is 5.91. The Bertz CT molecular complexity index is 629. The Hall–Kier alpha value is -1.66. The molecule has 1 aromatic heterocycles. The summed E-state index contributed by atoms with van der Waals surface area (Å²) in [4.78, 5) is 32.0. The lowest BCUT2D eigenvalue weighted by Crippen LogP contribution is -2.44. The molecule has 2 unspecified atom stereocenters. The van der Waals surface area contributed by atoms with Crippen molar-refractivity contribution in [3.05, 3.63) is 30.1 Å². The van der Waals surface area contributed by atoms with E-state index in [2.05, 4.69) is 15.6 Å². The second kappa shape index (κ2) is 12.1. The Balaban J connectivity index is 0.00000300. The first-order chi connectivity index (χ1) is 13.6. The van der Waals surface area contributed by atoms with Crippen LogP contribution in [0.1, 0.15) is 64.0 Å². The minimum atomic E-state index is -0.143.